The van der Waals surface area contributed by atoms with Gasteiger partial charge in [-0.25, -0.2) is 0 Å². The van der Waals surface area contributed by atoms with Crippen molar-refractivity contribution in [3.63, 3.8) is 0 Å². The molecule has 1 aromatic carbocycles. The van der Waals surface area contributed by atoms with E-state index in [1.807, 2.05) is 39.8 Å². The van der Waals surface area contributed by atoms with Crippen molar-refractivity contribution in [3.05, 3.63) is 29.8 Å². The topological polar surface area (TPSA) is 71.0 Å². The van der Waals surface area contributed by atoms with Crippen molar-refractivity contribution in [1.29, 1.82) is 0 Å². The average Bonchev–Trinajstić information content (AvgIpc) is 2.46. The van der Waals surface area contributed by atoms with Crippen LogP contribution in [0.5, 0.6) is 0 Å². The number of oxime groups is 1. The Morgan fingerprint density at radius 2 is 1.62 bits per heavy atom. The Bertz CT molecular complexity index is 584. The van der Waals surface area contributed by atoms with E-state index < -0.39 is 0 Å². The molecule has 0 aromatic heterocycles. The monoisotopic (exact) mass is 333 g/mol. The van der Waals surface area contributed by atoms with Gasteiger partial charge in [-0.05, 0) is 52.3 Å². The number of hydrogen-bond acceptors (Lipinski definition) is 4. The van der Waals surface area contributed by atoms with Gasteiger partial charge in [-0.2, -0.15) is 0 Å². The molecule has 132 valence electrons. The van der Waals surface area contributed by atoms with Crippen molar-refractivity contribution in [2.24, 2.45) is 5.16 Å². The largest absolute Gasteiger partial charge is 0.385 e. The Labute approximate surface area is 143 Å². The fourth-order valence-electron chi connectivity index (χ4n) is 2.48. The molecule has 0 fully saturated rings. The quantitative estimate of drug-likeness (QED) is 0.616. The Morgan fingerprint density at radius 3 is 2.08 bits per heavy atom. The summed E-state index contributed by atoms with van der Waals surface area (Å²) < 4.78 is 0. The average molecular weight is 333 g/mol. The molecule has 1 N–H and O–H groups in total. The van der Waals surface area contributed by atoms with Crippen molar-refractivity contribution in [3.8, 4) is 0 Å². The van der Waals surface area contributed by atoms with Crippen molar-refractivity contribution >= 4 is 23.2 Å². The van der Waals surface area contributed by atoms with Crippen LogP contribution in [0.4, 0.5) is 5.69 Å². The predicted octanol–water partition coefficient (Wildman–Crippen LogP) is 3.03. The molecule has 0 aliphatic rings. The van der Waals surface area contributed by atoms with Gasteiger partial charge >= 0.3 is 0 Å². The van der Waals surface area contributed by atoms with Crippen LogP contribution in [0.1, 0.15) is 47.1 Å². The highest BCUT2D eigenvalue weighted by molar-refractivity contribution is 5.99. The Balaban J connectivity index is 2.63. The molecule has 0 atom stereocenters. The van der Waals surface area contributed by atoms with Gasteiger partial charge in [0.05, 0.1) is 5.71 Å². The summed E-state index contributed by atoms with van der Waals surface area (Å²) >= 11 is 0. The van der Waals surface area contributed by atoms with Gasteiger partial charge in [-0.15, -0.1) is 0 Å². The van der Waals surface area contributed by atoms with E-state index in [2.05, 4.69) is 10.5 Å². The molecule has 1 aromatic rings. The molecular formula is C18H27N3O3. The summed E-state index contributed by atoms with van der Waals surface area (Å²) in [6.45, 7) is 11.1. The number of nitrogens with zero attached hydrogens (tertiary/aromatic N) is 2. The molecule has 0 aliphatic heterocycles. The number of nitrogens with one attached hydrogen (secondary N) is 1. The second-order valence-corrected chi connectivity index (χ2v) is 6.20. The van der Waals surface area contributed by atoms with Crippen LogP contribution in [-0.4, -0.2) is 41.1 Å². The predicted molar refractivity (Wildman–Crippen MR) is 96.0 cm³/mol. The van der Waals surface area contributed by atoms with E-state index >= 15 is 0 Å². The van der Waals surface area contributed by atoms with Gasteiger partial charge in [0, 0.05) is 24.7 Å². The summed E-state index contributed by atoms with van der Waals surface area (Å²) in [4.78, 5) is 30.2. The SMILES string of the molecule is CC(=O)Nc1ccc(/C(C)=N/OCC(=O)N(C(C)C)C(C)C)cc1. The fourth-order valence-corrected chi connectivity index (χ4v) is 2.48. The van der Waals surface area contributed by atoms with Gasteiger partial charge in [-0.3, -0.25) is 9.59 Å². The molecule has 0 spiro atoms. The van der Waals surface area contributed by atoms with E-state index in [-0.39, 0.29) is 30.5 Å². The number of benzene rings is 1. The third kappa shape index (κ3) is 6.02. The molecule has 6 nitrogen and oxygen atoms in total. The first kappa shape index (κ1) is 19.7. The number of amides is 2. The summed E-state index contributed by atoms with van der Waals surface area (Å²) in [5.74, 6) is -0.201. The highest BCUT2D eigenvalue weighted by atomic mass is 16.6. The molecule has 0 radical (unpaired) electrons. The molecule has 0 bridgehead atoms. The lowest BCUT2D eigenvalue weighted by atomic mass is 10.1. The zero-order chi connectivity index (χ0) is 18.3. The minimum Gasteiger partial charge on any atom is -0.385 e. The van der Waals surface area contributed by atoms with Gasteiger partial charge in [0.2, 0.25) is 5.91 Å². The first-order chi connectivity index (χ1) is 11.2. The number of anilines is 1. The van der Waals surface area contributed by atoms with Crippen molar-refractivity contribution in [2.45, 2.75) is 53.6 Å². The minimum absolute atomic E-state index is 0.0856. The van der Waals surface area contributed by atoms with Crippen molar-refractivity contribution in [2.75, 3.05) is 11.9 Å². The molecule has 1 rings (SSSR count). The Kier molecular flexibility index (Phi) is 7.42. The zero-order valence-electron chi connectivity index (χ0n) is 15.3. The molecule has 0 unspecified atom stereocenters. The van der Waals surface area contributed by atoms with Gasteiger partial charge in [0.25, 0.3) is 5.91 Å². The maximum Gasteiger partial charge on any atom is 0.263 e. The fraction of sp³-hybridized carbons (Fsp3) is 0.500. The lowest BCUT2D eigenvalue weighted by Gasteiger charge is -2.30. The number of carbonyl (C=O) groups is 2. The summed E-state index contributed by atoms with van der Waals surface area (Å²) in [6.07, 6.45) is 0. The Hall–Kier alpha value is -2.37. The van der Waals surface area contributed by atoms with Gasteiger partial charge < -0.3 is 15.1 Å². The molecule has 0 saturated heterocycles. The smallest absolute Gasteiger partial charge is 0.263 e. The minimum atomic E-state index is -0.116. The van der Waals surface area contributed by atoms with Gasteiger partial charge in [0.1, 0.15) is 0 Å². The summed E-state index contributed by atoms with van der Waals surface area (Å²) in [6, 6.07) is 7.49. The zero-order valence-corrected chi connectivity index (χ0v) is 15.3. The maximum atomic E-state index is 12.2. The van der Waals surface area contributed by atoms with Crippen molar-refractivity contribution < 1.29 is 14.4 Å². The highest BCUT2D eigenvalue weighted by Crippen LogP contribution is 2.11. The lowest BCUT2D eigenvalue weighted by Crippen LogP contribution is -2.43. The van der Waals surface area contributed by atoms with E-state index in [4.69, 9.17) is 4.84 Å². The highest BCUT2D eigenvalue weighted by Gasteiger charge is 2.20. The molecule has 2 amide bonds. The van der Waals surface area contributed by atoms with E-state index in [9.17, 15) is 9.59 Å². The molecular weight excluding hydrogens is 306 g/mol. The van der Waals surface area contributed by atoms with Crippen LogP contribution in [-0.2, 0) is 14.4 Å². The van der Waals surface area contributed by atoms with E-state index in [0.717, 1.165) is 11.3 Å². The normalized spacial score (nSPS) is 11.6. The van der Waals surface area contributed by atoms with Crippen LogP contribution in [0, 0.1) is 0 Å². The third-order valence-electron chi connectivity index (χ3n) is 3.41. The Morgan fingerprint density at radius 1 is 1.08 bits per heavy atom. The number of hydrogen-bond donors (Lipinski definition) is 1. The van der Waals surface area contributed by atoms with Crippen LogP contribution in [0.2, 0.25) is 0 Å². The standard InChI is InChI=1S/C18H27N3O3/c1-12(2)21(13(3)4)18(23)11-24-20-14(5)16-7-9-17(10-8-16)19-15(6)22/h7-10,12-13H,11H2,1-6H3,(H,19,22)/b20-14+. The molecule has 0 heterocycles. The molecule has 0 saturated carbocycles. The van der Waals surface area contributed by atoms with Crippen LogP contribution < -0.4 is 5.32 Å². The van der Waals surface area contributed by atoms with Gasteiger partial charge in [0.15, 0.2) is 6.61 Å². The summed E-state index contributed by atoms with van der Waals surface area (Å²) in [7, 11) is 0. The molecule has 24 heavy (non-hydrogen) atoms. The number of carbonyl (C=O) groups excluding carboxylic acids is 2. The lowest BCUT2D eigenvalue weighted by molar-refractivity contribution is -0.139. The first-order valence-corrected chi connectivity index (χ1v) is 8.08. The number of rotatable bonds is 7. The third-order valence-corrected chi connectivity index (χ3v) is 3.41. The maximum absolute atomic E-state index is 12.2. The molecule has 0 aliphatic carbocycles. The van der Waals surface area contributed by atoms with Crippen LogP contribution in [0.25, 0.3) is 0 Å². The summed E-state index contributed by atoms with van der Waals surface area (Å²) in [5, 5.41) is 6.71. The van der Waals surface area contributed by atoms with E-state index in [1.54, 1.807) is 24.0 Å². The summed E-state index contributed by atoms with van der Waals surface area (Å²) in [5.41, 5.74) is 2.25. The van der Waals surface area contributed by atoms with Crippen LogP contribution in [0.3, 0.4) is 0 Å². The van der Waals surface area contributed by atoms with Crippen LogP contribution >= 0.6 is 0 Å². The van der Waals surface area contributed by atoms with E-state index in [1.165, 1.54) is 6.92 Å². The van der Waals surface area contributed by atoms with E-state index in [0.29, 0.717) is 5.71 Å². The van der Waals surface area contributed by atoms with Crippen LogP contribution in [0.15, 0.2) is 29.4 Å². The first-order valence-electron chi connectivity index (χ1n) is 8.08. The second-order valence-electron chi connectivity index (χ2n) is 6.20. The van der Waals surface area contributed by atoms with Gasteiger partial charge in [-0.1, -0.05) is 17.3 Å². The molecule has 6 heteroatoms. The second kappa shape index (κ2) is 9.05. The van der Waals surface area contributed by atoms with Crippen molar-refractivity contribution in [1.82, 2.24) is 4.90 Å².